The lowest BCUT2D eigenvalue weighted by molar-refractivity contribution is -0.917. The molecule has 0 aromatic carbocycles. The van der Waals surface area contributed by atoms with Crippen molar-refractivity contribution < 1.29 is 10.0 Å². The summed E-state index contributed by atoms with van der Waals surface area (Å²) in [6.45, 7) is 5.40. The summed E-state index contributed by atoms with van der Waals surface area (Å²) >= 11 is 0. The van der Waals surface area contributed by atoms with Crippen molar-refractivity contribution in [1.29, 1.82) is 0 Å². The topological polar surface area (TPSA) is 24.7 Å². The molecule has 1 rings (SSSR count). The number of likely N-dealkylation sites (tertiary alicyclic amines) is 1. The van der Waals surface area contributed by atoms with Crippen LogP contribution in [0.3, 0.4) is 0 Å². The van der Waals surface area contributed by atoms with Gasteiger partial charge in [0.1, 0.15) is 12.6 Å². The Morgan fingerprint density at radius 1 is 1.40 bits per heavy atom. The Kier molecular flexibility index (Phi) is 2.32. The van der Waals surface area contributed by atoms with Gasteiger partial charge in [-0.25, -0.2) is 0 Å². The van der Waals surface area contributed by atoms with Gasteiger partial charge < -0.3 is 10.0 Å². The summed E-state index contributed by atoms with van der Waals surface area (Å²) in [5, 5.41) is 9.35. The molecule has 0 aliphatic carbocycles. The van der Waals surface area contributed by atoms with Gasteiger partial charge in [0.15, 0.2) is 0 Å². The van der Waals surface area contributed by atoms with E-state index in [1.165, 1.54) is 4.90 Å². The van der Waals surface area contributed by atoms with Gasteiger partial charge in [-0.1, -0.05) is 6.92 Å². The average molecular weight is 144 g/mol. The second kappa shape index (κ2) is 2.89. The standard InChI is InChI=1S/C8H17NO/c1-6-4-8(10)5-9(3)7(6)2/h6-8,10H,4-5H2,1-3H3/p+1/t6-,7-,8+/m1/s1. The van der Waals surface area contributed by atoms with Crippen LogP contribution in [0.2, 0.25) is 0 Å². The summed E-state index contributed by atoms with van der Waals surface area (Å²) in [5.41, 5.74) is 0. The fraction of sp³-hybridized carbons (Fsp3) is 1.00. The number of rotatable bonds is 0. The maximum Gasteiger partial charge on any atom is 0.103 e. The van der Waals surface area contributed by atoms with Gasteiger partial charge in [-0.15, -0.1) is 0 Å². The molecule has 60 valence electrons. The number of likely N-dealkylation sites (N-methyl/N-ethyl adjacent to an activating group) is 1. The fourth-order valence-electron chi connectivity index (χ4n) is 1.76. The first-order chi connectivity index (χ1) is 4.61. The zero-order chi connectivity index (χ0) is 7.72. The predicted octanol–water partition coefficient (Wildman–Crippen LogP) is -0.710. The zero-order valence-electron chi connectivity index (χ0n) is 7.09. The van der Waals surface area contributed by atoms with Gasteiger partial charge >= 0.3 is 0 Å². The van der Waals surface area contributed by atoms with Crippen LogP contribution in [0.1, 0.15) is 20.3 Å². The molecule has 0 saturated carbocycles. The summed E-state index contributed by atoms with van der Waals surface area (Å²) in [4.78, 5) is 1.46. The van der Waals surface area contributed by atoms with E-state index < -0.39 is 0 Å². The molecule has 1 aliphatic heterocycles. The lowest BCUT2D eigenvalue weighted by Crippen LogP contribution is -3.15. The average Bonchev–Trinajstić information content (AvgIpc) is 1.82. The summed E-state index contributed by atoms with van der Waals surface area (Å²) in [5.74, 6) is 0.670. The minimum Gasteiger partial charge on any atom is -0.387 e. The van der Waals surface area contributed by atoms with Crippen LogP contribution in [0.25, 0.3) is 0 Å². The molecule has 1 heterocycles. The van der Waals surface area contributed by atoms with Crippen LogP contribution in [0.15, 0.2) is 0 Å². The third kappa shape index (κ3) is 1.50. The lowest BCUT2D eigenvalue weighted by atomic mass is 9.91. The van der Waals surface area contributed by atoms with Crippen molar-refractivity contribution in [3.8, 4) is 0 Å². The molecule has 2 nitrogen and oxygen atoms in total. The van der Waals surface area contributed by atoms with Crippen molar-refractivity contribution in [3.05, 3.63) is 0 Å². The summed E-state index contributed by atoms with van der Waals surface area (Å²) in [7, 11) is 2.16. The van der Waals surface area contributed by atoms with E-state index in [0.717, 1.165) is 13.0 Å². The van der Waals surface area contributed by atoms with E-state index in [1.54, 1.807) is 0 Å². The Morgan fingerprint density at radius 3 is 2.50 bits per heavy atom. The first-order valence-corrected chi connectivity index (χ1v) is 4.11. The highest BCUT2D eigenvalue weighted by atomic mass is 16.3. The predicted molar refractivity (Wildman–Crippen MR) is 41.0 cm³/mol. The number of quaternary nitrogens is 1. The van der Waals surface area contributed by atoms with Gasteiger partial charge in [-0.2, -0.15) is 0 Å². The second-order valence-corrected chi connectivity index (χ2v) is 3.71. The third-order valence-electron chi connectivity index (χ3n) is 2.83. The molecular weight excluding hydrogens is 126 g/mol. The first kappa shape index (κ1) is 8.02. The van der Waals surface area contributed by atoms with E-state index in [2.05, 4.69) is 20.9 Å². The van der Waals surface area contributed by atoms with Crippen LogP contribution in [0, 0.1) is 5.92 Å². The van der Waals surface area contributed by atoms with Crippen LogP contribution in [-0.4, -0.2) is 30.8 Å². The van der Waals surface area contributed by atoms with Crippen LogP contribution >= 0.6 is 0 Å². The van der Waals surface area contributed by atoms with Gasteiger partial charge in [-0.05, 0) is 13.3 Å². The normalized spacial score (nSPS) is 49.2. The number of hydrogen-bond acceptors (Lipinski definition) is 1. The number of piperidine rings is 1. The number of hydrogen-bond donors (Lipinski definition) is 2. The zero-order valence-corrected chi connectivity index (χ0v) is 7.09. The molecule has 0 aromatic heterocycles. The van der Waals surface area contributed by atoms with E-state index in [-0.39, 0.29) is 6.10 Å². The van der Waals surface area contributed by atoms with Crippen LogP contribution in [0.5, 0.6) is 0 Å². The smallest absolute Gasteiger partial charge is 0.103 e. The molecule has 0 radical (unpaired) electrons. The van der Waals surface area contributed by atoms with E-state index in [1.807, 2.05) is 0 Å². The van der Waals surface area contributed by atoms with Crippen molar-refractivity contribution >= 4 is 0 Å². The van der Waals surface area contributed by atoms with Gasteiger partial charge in [0.05, 0.1) is 13.1 Å². The molecule has 2 N–H and O–H groups in total. The minimum atomic E-state index is -0.0637. The van der Waals surface area contributed by atoms with Crippen LogP contribution < -0.4 is 4.90 Å². The summed E-state index contributed by atoms with van der Waals surface area (Å²) in [6, 6.07) is 0.711. The van der Waals surface area contributed by atoms with Crippen molar-refractivity contribution in [2.75, 3.05) is 13.6 Å². The Morgan fingerprint density at radius 2 is 2.00 bits per heavy atom. The van der Waals surface area contributed by atoms with Gasteiger partial charge in [0.25, 0.3) is 0 Å². The lowest BCUT2D eigenvalue weighted by Gasteiger charge is -2.34. The Balaban J connectivity index is 2.49. The second-order valence-electron chi connectivity index (χ2n) is 3.71. The molecule has 4 atom stereocenters. The van der Waals surface area contributed by atoms with E-state index >= 15 is 0 Å². The minimum absolute atomic E-state index is 0.0637. The largest absolute Gasteiger partial charge is 0.387 e. The SMILES string of the molecule is C[C@@H]1C[C@H](O)C[NH+](C)[C@@H]1C. The molecule has 1 fully saturated rings. The molecule has 0 bridgehead atoms. The number of nitrogens with one attached hydrogen (secondary N) is 1. The van der Waals surface area contributed by atoms with Crippen molar-refractivity contribution in [1.82, 2.24) is 0 Å². The Hall–Kier alpha value is -0.0800. The molecule has 10 heavy (non-hydrogen) atoms. The molecule has 0 amide bonds. The summed E-state index contributed by atoms with van der Waals surface area (Å²) in [6.07, 6.45) is 0.921. The molecule has 1 aliphatic rings. The Bertz CT molecular complexity index is 104. The highest BCUT2D eigenvalue weighted by molar-refractivity contribution is 4.69. The van der Waals surface area contributed by atoms with Crippen LogP contribution in [-0.2, 0) is 0 Å². The van der Waals surface area contributed by atoms with Crippen molar-refractivity contribution in [3.63, 3.8) is 0 Å². The van der Waals surface area contributed by atoms with E-state index in [0.29, 0.717) is 12.0 Å². The fourth-order valence-corrected chi connectivity index (χ4v) is 1.76. The first-order valence-electron chi connectivity index (χ1n) is 4.11. The van der Waals surface area contributed by atoms with Gasteiger partial charge in [0.2, 0.25) is 0 Å². The Labute approximate surface area is 62.8 Å². The van der Waals surface area contributed by atoms with Gasteiger partial charge in [0, 0.05) is 5.92 Å². The van der Waals surface area contributed by atoms with E-state index in [4.69, 9.17) is 0 Å². The highest BCUT2D eigenvalue weighted by Crippen LogP contribution is 2.11. The molecule has 1 saturated heterocycles. The highest BCUT2D eigenvalue weighted by Gasteiger charge is 2.30. The van der Waals surface area contributed by atoms with Crippen molar-refractivity contribution in [2.45, 2.75) is 32.4 Å². The molecule has 1 unspecified atom stereocenters. The number of aliphatic hydroxyl groups excluding tert-OH is 1. The molecule has 0 spiro atoms. The maximum absolute atomic E-state index is 9.35. The van der Waals surface area contributed by atoms with E-state index in [9.17, 15) is 5.11 Å². The third-order valence-corrected chi connectivity index (χ3v) is 2.83. The number of aliphatic hydroxyl groups is 1. The van der Waals surface area contributed by atoms with Gasteiger partial charge in [-0.3, -0.25) is 0 Å². The molecular formula is C8H18NO+. The molecule has 2 heteroatoms. The summed E-state index contributed by atoms with van der Waals surface area (Å²) < 4.78 is 0. The van der Waals surface area contributed by atoms with Crippen LogP contribution in [0.4, 0.5) is 0 Å². The van der Waals surface area contributed by atoms with Crippen molar-refractivity contribution in [2.24, 2.45) is 5.92 Å². The maximum atomic E-state index is 9.35. The monoisotopic (exact) mass is 144 g/mol. The molecule has 0 aromatic rings. The quantitative estimate of drug-likeness (QED) is 0.461.